The summed E-state index contributed by atoms with van der Waals surface area (Å²) in [6.07, 6.45) is -8.48. The van der Waals surface area contributed by atoms with E-state index in [1.807, 2.05) is 0 Å². The first-order valence-electron chi connectivity index (χ1n) is 9.68. The molecular weight excluding hydrogens is 514 g/mol. The summed E-state index contributed by atoms with van der Waals surface area (Å²) >= 11 is 6.36. The smallest absolute Gasteiger partial charge is 0.355 e. The molecular formula is C22H16F6N4OS2. The van der Waals surface area contributed by atoms with Gasteiger partial charge in [-0.1, -0.05) is 11.8 Å². The topological polar surface area (TPSA) is 66.1 Å². The molecule has 1 aromatic heterocycles. The molecule has 0 fully saturated rings. The number of halogens is 6. The number of thiocarbonyl (C=S) groups is 1. The molecule has 0 saturated heterocycles. The molecule has 0 aliphatic heterocycles. The van der Waals surface area contributed by atoms with Gasteiger partial charge in [0.15, 0.2) is 5.11 Å². The maximum absolute atomic E-state index is 13.0. The van der Waals surface area contributed by atoms with Crippen molar-refractivity contribution in [2.45, 2.75) is 22.3 Å². The molecule has 35 heavy (non-hydrogen) atoms. The third kappa shape index (κ3) is 7.33. The van der Waals surface area contributed by atoms with E-state index in [-0.39, 0.29) is 17.1 Å². The highest BCUT2D eigenvalue weighted by atomic mass is 32.2. The molecule has 0 bridgehead atoms. The molecule has 1 amide bonds. The summed E-state index contributed by atoms with van der Waals surface area (Å²) in [7, 11) is 1.52. The quantitative estimate of drug-likeness (QED) is 0.261. The predicted molar refractivity (Wildman–Crippen MR) is 124 cm³/mol. The lowest BCUT2D eigenvalue weighted by molar-refractivity contribution is -0.143. The number of nitrogens with zero attached hydrogens (tertiary/aromatic N) is 1. The average molecular weight is 531 g/mol. The number of benzene rings is 2. The maximum Gasteiger partial charge on any atom is 0.416 e. The third-order valence-electron chi connectivity index (χ3n) is 4.41. The summed E-state index contributed by atoms with van der Waals surface area (Å²) in [5.41, 5.74) is -2.48. The van der Waals surface area contributed by atoms with Gasteiger partial charge in [0.1, 0.15) is 5.03 Å². The Hall–Kier alpha value is -3.32. The number of pyridine rings is 1. The molecule has 0 unspecified atom stereocenters. The van der Waals surface area contributed by atoms with E-state index in [1.54, 1.807) is 36.4 Å². The van der Waals surface area contributed by atoms with Crippen molar-refractivity contribution in [1.29, 1.82) is 0 Å². The van der Waals surface area contributed by atoms with Gasteiger partial charge in [-0.05, 0) is 66.8 Å². The summed E-state index contributed by atoms with van der Waals surface area (Å²) < 4.78 is 78.1. The van der Waals surface area contributed by atoms with E-state index in [4.69, 9.17) is 12.2 Å². The fourth-order valence-electron chi connectivity index (χ4n) is 2.77. The van der Waals surface area contributed by atoms with Gasteiger partial charge in [0, 0.05) is 29.5 Å². The van der Waals surface area contributed by atoms with Crippen LogP contribution < -0.4 is 16.0 Å². The van der Waals surface area contributed by atoms with E-state index in [2.05, 4.69) is 20.9 Å². The number of hydrogen-bond donors (Lipinski definition) is 3. The van der Waals surface area contributed by atoms with Crippen LogP contribution in [0.2, 0.25) is 0 Å². The van der Waals surface area contributed by atoms with Crippen LogP contribution in [0.25, 0.3) is 0 Å². The fourth-order valence-corrected chi connectivity index (χ4v) is 3.76. The number of anilines is 2. The molecule has 184 valence electrons. The fraction of sp³-hybridized carbons (Fsp3) is 0.136. The lowest BCUT2D eigenvalue weighted by atomic mass is 10.1. The van der Waals surface area contributed by atoms with Crippen LogP contribution in [0.15, 0.2) is 70.7 Å². The van der Waals surface area contributed by atoms with E-state index in [1.165, 1.54) is 25.0 Å². The summed E-state index contributed by atoms with van der Waals surface area (Å²) in [4.78, 5) is 16.6. The van der Waals surface area contributed by atoms with Crippen molar-refractivity contribution >= 4 is 46.4 Å². The Morgan fingerprint density at radius 2 is 1.43 bits per heavy atom. The zero-order valence-corrected chi connectivity index (χ0v) is 19.3. The van der Waals surface area contributed by atoms with Gasteiger partial charge in [0.25, 0.3) is 5.91 Å². The van der Waals surface area contributed by atoms with Crippen LogP contribution in [0.4, 0.5) is 37.7 Å². The average Bonchev–Trinajstić information content (AvgIpc) is 2.79. The van der Waals surface area contributed by atoms with Gasteiger partial charge in [-0.25, -0.2) is 4.98 Å². The molecule has 5 nitrogen and oxygen atoms in total. The molecule has 0 radical (unpaired) electrons. The van der Waals surface area contributed by atoms with Crippen LogP contribution in [0.5, 0.6) is 0 Å². The van der Waals surface area contributed by atoms with Crippen LogP contribution in [0.1, 0.15) is 21.5 Å². The molecule has 2 aromatic carbocycles. The molecule has 3 rings (SSSR count). The van der Waals surface area contributed by atoms with Crippen molar-refractivity contribution < 1.29 is 31.1 Å². The van der Waals surface area contributed by atoms with Gasteiger partial charge in [-0.2, -0.15) is 26.3 Å². The highest BCUT2D eigenvalue weighted by Crippen LogP contribution is 2.37. The Balaban J connectivity index is 1.66. The molecule has 0 aliphatic carbocycles. The van der Waals surface area contributed by atoms with Gasteiger partial charge >= 0.3 is 12.4 Å². The molecule has 0 saturated carbocycles. The predicted octanol–water partition coefficient (Wildman–Crippen LogP) is 6.44. The van der Waals surface area contributed by atoms with Crippen LogP contribution in [-0.4, -0.2) is 23.1 Å². The number of nitrogens with one attached hydrogen (secondary N) is 3. The Bertz CT molecular complexity index is 1180. The van der Waals surface area contributed by atoms with Crippen molar-refractivity contribution in [3.8, 4) is 0 Å². The van der Waals surface area contributed by atoms with Crippen molar-refractivity contribution in [3.05, 3.63) is 77.5 Å². The third-order valence-corrected chi connectivity index (χ3v) is 5.57. The first kappa shape index (κ1) is 26.3. The van der Waals surface area contributed by atoms with E-state index in [9.17, 15) is 31.1 Å². The number of amides is 1. The lowest BCUT2D eigenvalue weighted by Crippen LogP contribution is -2.20. The number of carbonyl (C=O) groups is 1. The second-order valence-corrected chi connectivity index (χ2v) is 8.47. The second-order valence-electron chi connectivity index (χ2n) is 6.96. The molecule has 3 aromatic rings. The monoisotopic (exact) mass is 530 g/mol. The Morgan fingerprint density at radius 3 is 1.91 bits per heavy atom. The van der Waals surface area contributed by atoms with Crippen LogP contribution >= 0.6 is 24.0 Å². The van der Waals surface area contributed by atoms with Gasteiger partial charge < -0.3 is 16.0 Å². The van der Waals surface area contributed by atoms with Crippen molar-refractivity contribution in [2.75, 3.05) is 17.7 Å². The van der Waals surface area contributed by atoms with Gasteiger partial charge in [0.05, 0.1) is 16.7 Å². The molecule has 3 N–H and O–H groups in total. The van der Waals surface area contributed by atoms with Crippen molar-refractivity contribution in [3.63, 3.8) is 0 Å². The first-order valence-corrected chi connectivity index (χ1v) is 10.9. The van der Waals surface area contributed by atoms with Crippen molar-refractivity contribution in [2.24, 2.45) is 0 Å². The Morgan fingerprint density at radius 1 is 0.857 bits per heavy atom. The Kier molecular flexibility index (Phi) is 7.90. The van der Waals surface area contributed by atoms with E-state index in [0.29, 0.717) is 28.4 Å². The van der Waals surface area contributed by atoms with Crippen LogP contribution in [-0.2, 0) is 12.4 Å². The highest BCUT2D eigenvalue weighted by molar-refractivity contribution is 7.99. The minimum absolute atomic E-state index is 0.0407. The molecule has 0 aliphatic rings. The molecule has 13 heteroatoms. The van der Waals surface area contributed by atoms with Gasteiger partial charge in [0.2, 0.25) is 0 Å². The first-order chi connectivity index (χ1) is 16.3. The normalized spacial score (nSPS) is 11.6. The minimum Gasteiger partial charge on any atom is -0.355 e. The highest BCUT2D eigenvalue weighted by Gasteiger charge is 2.37. The van der Waals surface area contributed by atoms with Crippen molar-refractivity contribution in [1.82, 2.24) is 10.3 Å². The lowest BCUT2D eigenvalue weighted by Gasteiger charge is -2.16. The molecule has 0 atom stereocenters. The standard InChI is InChI=1S/C22H16F6N4OS2/c1-29-19(33)12-2-7-18(30-11-12)35-17-5-3-15(4-6-17)31-20(34)32-16-9-13(21(23,24)25)8-14(10-16)22(26,27)28/h2-11H,1H3,(H,29,33)(H2,31,32,34). The van der Waals surface area contributed by atoms with E-state index >= 15 is 0 Å². The summed E-state index contributed by atoms with van der Waals surface area (Å²) in [5.74, 6) is -0.256. The molecule has 1 heterocycles. The maximum atomic E-state index is 13.0. The number of aromatic nitrogens is 1. The minimum atomic E-state index is -4.96. The summed E-state index contributed by atoms with van der Waals surface area (Å²) in [6, 6.07) is 11.1. The Labute approximate surface area is 205 Å². The summed E-state index contributed by atoms with van der Waals surface area (Å²) in [6.45, 7) is 0. The van der Waals surface area contributed by atoms with Crippen LogP contribution in [0, 0.1) is 0 Å². The SMILES string of the molecule is CNC(=O)c1ccc(Sc2ccc(NC(=S)Nc3cc(C(F)(F)F)cc(C(F)(F)F)c3)cc2)nc1. The van der Waals surface area contributed by atoms with E-state index in [0.717, 1.165) is 4.90 Å². The molecule has 0 spiro atoms. The number of carbonyl (C=O) groups excluding carboxylic acids is 1. The largest absolute Gasteiger partial charge is 0.416 e. The summed E-state index contributed by atoms with van der Waals surface area (Å²) in [5, 5.41) is 8.02. The number of hydrogen-bond acceptors (Lipinski definition) is 4. The van der Waals surface area contributed by atoms with Gasteiger partial charge in [-0.3, -0.25) is 4.79 Å². The zero-order valence-electron chi connectivity index (χ0n) is 17.7. The zero-order chi connectivity index (χ0) is 25.8. The number of alkyl halides is 6. The van der Waals surface area contributed by atoms with Gasteiger partial charge in [-0.15, -0.1) is 0 Å². The van der Waals surface area contributed by atoms with E-state index < -0.39 is 29.2 Å². The number of rotatable bonds is 5. The van der Waals surface area contributed by atoms with Crippen LogP contribution in [0.3, 0.4) is 0 Å². The second kappa shape index (κ2) is 10.5.